The molecule has 1 unspecified atom stereocenters. The average Bonchev–Trinajstić information content (AvgIpc) is 2.98. The Balaban J connectivity index is 2.08. The summed E-state index contributed by atoms with van der Waals surface area (Å²) < 4.78 is 5.73. The van der Waals surface area contributed by atoms with E-state index in [9.17, 15) is 19.7 Å². The summed E-state index contributed by atoms with van der Waals surface area (Å²) in [4.78, 5) is 36.1. The number of carbonyl (C=O) groups is 2. The lowest BCUT2D eigenvalue weighted by Crippen LogP contribution is -2.35. The van der Waals surface area contributed by atoms with Crippen molar-refractivity contribution in [2.24, 2.45) is 0 Å². The summed E-state index contributed by atoms with van der Waals surface area (Å²) in [5.74, 6) is -1.26. The predicted octanol–water partition coefficient (Wildman–Crippen LogP) is 3.89. The molecule has 0 spiro atoms. The van der Waals surface area contributed by atoms with Crippen molar-refractivity contribution in [1.82, 2.24) is 5.43 Å². The molecule has 2 aromatic rings. The number of ether oxygens (including phenoxy) is 1. The van der Waals surface area contributed by atoms with E-state index in [0.717, 1.165) is 5.01 Å². The van der Waals surface area contributed by atoms with Gasteiger partial charge in [0.1, 0.15) is 5.57 Å². The zero-order valence-electron chi connectivity index (χ0n) is 15.7. The van der Waals surface area contributed by atoms with E-state index >= 15 is 0 Å². The quantitative estimate of drug-likeness (QED) is 0.334. The molecule has 9 heteroatoms. The molecular weight excluding hydrogens is 398 g/mol. The normalized spacial score (nSPS) is 16.1. The molecule has 1 aliphatic heterocycles. The average molecular weight is 416 g/mol. The second-order valence-electron chi connectivity index (χ2n) is 6.41. The number of hydrogen-bond acceptors (Lipinski definition) is 5. The van der Waals surface area contributed by atoms with Crippen molar-refractivity contribution < 1.29 is 19.2 Å². The zero-order chi connectivity index (χ0) is 21.1. The fraction of sp³-hybridized carbons (Fsp3) is 0.200. The van der Waals surface area contributed by atoms with Crippen molar-refractivity contribution in [3.8, 4) is 5.75 Å². The Morgan fingerprint density at radius 3 is 2.59 bits per heavy atom. The number of benzene rings is 2. The number of carbonyl (C=O) groups excluding carboxylic acids is 2. The third-order valence-electron chi connectivity index (χ3n) is 4.36. The maximum absolute atomic E-state index is 12.8. The molecule has 0 aromatic heterocycles. The topological polar surface area (TPSA) is 102 Å². The van der Waals surface area contributed by atoms with Crippen LogP contribution >= 0.6 is 11.6 Å². The second kappa shape index (κ2) is 8.32. The number of nitro benzene ring substituents is 1. The van der Waals surface area contributed by atoms with Crippen LogP contribution in [-0.4, -0.2) is 22.8 Å². The number of para-hydroxylation sites is 1. The van der Waals surface area contributed by atoms with Crippen LogP contribution in [-0.2, 0) is 9.59 Å². The van der Waals surface area contributed by atoms with Crippen LogP contribution in [0.25, 0.3) is 6.08 Å². The van der Waals surface area contributed by atoms with E-state index in [1.807, 2.05) is 6.92 Å². The highest BCUT2D eigenvalue weighted by atomic mass is 35.5. The van der Waals surface area contributed by atoms with Gasteiger partial charge in [-0.05, 0) is 37.6 Å². The zero-order valence-corrected chi connectivity index (χ0v) is 16.5. The molecule has 8 nitrogen and oxygen atoms in total. The Morgan fingerprint density at radius 2 is 1.97 bits per heavy atom. The van der Waals surface area contributed by atoms with Gasteiger partial charge in [0.05, 0.1) is 16.7 Å². The summed E-state index contributed by atoms with van der Waals surface area (Å²) >= 11 is 6.03. The Labute approximate surface area is 171 Å². The largest absolute Gasteiger partial charge is 0.483 e. The number of nitro groups is 1. The molecule has 3 rings (SSSR count). The number of nitrogens with one attached hydrogen (secondary N) is 1. The molecule has 150 valence electrons. The highest BCUT2D eigenvalue weighted by Gasteiger charge is 2.35. The Hall–Kier alpha value is -3.39. The Morgan fingerprint density at radius 1 is 1.28 bits per heavy atom. The molecule has 0 bridgehead atoms. The van der Waals surface area contributed by atoms with Gasteiger partial charge in [-0.2, -0.15) is 0 Å². The minimum absolute atomic E-state index is 0.0417. The summed E-state index contributed by atoms with van der Waals surface area (Å²) in [6, 6.07) is 11.2. The van der Waals surface area contributed by atoms with Gasteiger partial charge in [-0.3, -0.25) is 25.1 Å². The van der Waals surface area contributed by atoms with Crippen molar-refractivity contribution in [3.63, 3.8) is 0 Å². The highest BCUT2D eigenvalue weighted by Crippen LogP contribution is 2.37. The van der Waals surface area contributed by atoms with Crippen LogP contribution in [0.3, 0.4) is 0 Å². The van der Waals surface area contributed by atoms with Crippen molar-refractivity contribution >= 4 is 40.9 Å². The van der Waals surface area contributed by atoms with Gasteiger partial charge in [0.2, 0.25) is 5.75 Å². The van der Waals surface area contributed by atoms with Gasteiger partial charge in [-0.15, -0.1) is 0 Å². The lowest BCUT2D eigenvalue weighted by Gasteiger charge is -2.15. The molecule has 0 aliphatic carbocycles. The SMILES string of the molecule is CCC(C)Oc1c(C=C2C(=O)NN(c3ccccc3)C2=O)cc(Cl)cc1[N+](=O)[O-]. The fourth-order valence-corrected chi connectivity index (χ4v) is 2.95. The maximum Gasteiger partial charge on any atom is 0.313 e. The molecule has 1 saturated heterocycles. The van der Waals surface area contributed by atoms with Crippen LogP contribution < -0.4 is 15.2 Å². The van der Waals surface area contributed by atoms with Gasteiger partial charge >= 0.3 is 5.69 Å². The highest BCUT2D eigenvalue weighted by molar-refractivity contribution is 6.32. The van der Waals surface area contributed by atoms with Gasteiger partial charge < -0.3 is 4.74 Å². The first-order valence-electron chi connectivity index (χ1n) is 8.88. The number of hydrogen-bond donors (Lipinski definition) is 1. The maximum atomic E-state index is 12.8. The van der Waals surface area contributed by atoms with Crippen molar-refractivity contribution in [1.29, 1.82) is 0 Å². The monoisotopic (exact) mass is 415 g/mol. The first-order chi connectivity index (χ1) is 13.8. The fourth-order valence-electron chi connectivity index (χ4n) is 2.73. The van der Waals surface area contributed by atoms with Gasteiger partial charge in [0.25, 0.3) is 11.8 Å². The van der Waals surface area contributed by atoms with Crippen molar-refractivity contribution in [3.05, 3.63) is 68.7 Å². The van der Waals surface area contributed by atoms with Gasteiger partial charge in [-0.25, -0.2) is 5.01 Å². The molecule has 2 aromatic carbocycles. The molecule has 1 N–H and O–H groups in total. The van der Waals surface area contributed by atoms with Crippen LogP contribution in [0.4, 0.5) is 11.4 Å². The molecule has 1 fully saturated rings. The summed E-state index contributed by atoms with van der Waals surface area (Å²) in [7, 11) is 0. The van der Waals surface area contributed by atoms with E-state index < -0.39 is 16.7 Å². The number of hydrazine groups is 1. The molecule has 2 amide bonds. The van der Waals surface area contributed by atoms with E-state index in [0.29, 0.717) is 12.1 Å². The van der Waals surface area contributed by atoms with Crippen LogP contribution in [0.5, 0.6) is 5.75 Å². The molecule has 1 atom stereocenters. The summed E-state index contributed by atoms with van der Waals surface area (Å²) in [6.45, 7) is 3.63. The number of rotatable bonds is 6. The smallest absolute Gasteiger partial charge is 0.313 e. The molecule has 29 heavy (non-hydrogen) atoms. The summed E-state index contributed by atoms with van der Waals surface area (Å²) in [5.41, 5.74) is 2.63. The lowest BCUT2D eigenvalue weighted by molar-refractivity contribution is -0.386. The van der Waals surface area contributed by atoms with Gasteiger partial charge in [0.15, 0.2) is 0 Å². The molecule has 0 saturated carbocycles. The van der Waals surface area contributed by atoms with Gasteiger partial charge in [-0.1, -0.05) is 36.7 Å². The number of anilines is 1. The van der Waals surface area contributed by atoms with E-state index in [2.05, 4.69) is 5.43 Å². The Bertz CT molecular complexity index is 1010. The molecular formula is C20H18ClN3O5. The minimum Gasteiger partial charge on any atom is -0.483 e. The summed E-state index contributed by atoms with van der Waals surface area (Å²) in [5, 5.41) is 12.7. The van der Waals surface area contributed by atoms with Crippen LogP contribution in [0.1, 0.15) is 25.8 Å². The van der Waals surface area contributed by atoms with Crippen LogP contribution in [0.2, 0.25) is 5.02 Å². The van der Waals surface area contributed by atoms with E-state index in [1.165, 1.54) is 18.2 Å². The first kappa shape index (κ1) is 20.3. The van der Waals surface area contributed by atoms with E-state index in [1.54, 1.807) is 37.3 Å². The third-order valence-corrected chi connectivity index (χ3v) is 4.58. The van der Waals surface area contributed by atoms with E-state index in [4.69, 9.17) is 16.3 Å². The lowest BCUT2D eigenvalue weighted by atomic mass is 10.1. The third kappa shape index (κ3) is 4.22. The van der Waals surface area contributed by atoms with Crippen LogP contribution in [0, 0.1) is 10.1 Å². The summed E-state index contributed by atoms with van der Waals surface area (Å²) in [6.07, 6.45) is 1.55. The van der Waals surface area contributed by atoms with Gasteiger partial charge in [0, 0.05) is 16.7 Å². The number of nitrogens with zero attached hydrogens (tertiary/aromatic N) is 2. The first-order valence-corrected chi connectivity index (χ1v) is 9.26. The predicted molar refractivity (Wildman–Crippen MR) is 109 cm³/mol. The van der Waals surface area contributed by atoms with Crippen LogP contribution in [0.15, 0.2) is 48.0 Å². The Kier molecular flexibility index (Phi) is 5.84. The molecule has 0 radical (unpaired) electrons. The number of halogens is 1. The molecule has 1 heterocycles. The van der Waals surface area contributed by atoms with Crippen molar-refractivity contribution in [2.45, 2.75) is 26.4 Å². The second-order valence-corrected chi connectivity index (χ2v) is 6.85. The minimum atomic E-state index is -0.629. The van der Waals surface area contributed by atoms with Crippen molar-refractivity contribution in [2.75, 3.05) is 5.01 Å². The number of amides is 2. The van der Waals surface area contributed by atoms with E-state index in [-0.39, 0.29) is 33.7 Å². The molecule has 1 aliphatic rings. The standard InChI is InChI=1S/C20H18ClN3O5/c1-3-12(2)29-18-13(9-14(21)11-17(18)24(27)28)10-16-19(25)22-23(20(16)26)15-7-5-4-6-8-15/h4-12H,3H2,1-2H3,(H,22,25).